The van der Waals surface area contributed by atoms with Gasteiger partial charge in [0.2, 0.25) is 0 Å². The van der Waals surface area contributed by atoms with E-state index in [0.29, 0.717) is 12.4 Å². The SMILES string of the molecule is O=C(COc1cccc(F)c1)N[C@@H](Cc1ccc(OCc2ccccc2)cc1)C(=O)O. The lowest BCUT2D eigenvalue weighted by atomic mass is 10.1. The second-order valence-electron chi connectivity index (χ2n) is 6.83. The number of rotatable bonds is 10. The molecule has 0 saturated heterocycles. The minimum atomic E-state index is -1.16. The molecule has 7 heteroatoms. The van der Waals surface area contributed by atoms with Gasteiger partial charge in [0.1, 0.15) is 30.0 Å². The normalized spacial score (nSPS) is 11.4. The molecule has 3 aromatic rings. The van der Waals surface area contributed by atoms with Gasteiger partial charge in [-0.15, -0.1) is 0 Å². The third kappa shape index (κ3) is 7.15. The van der Waals surface area contributed by atoms with Crippen LogP contribution in [0.15, 0.2) is 78.9 Å². The molecule has 0 heterocycles. The van der Waals surface area contributed by atoms with E-state index in [-0.39, 0.29) is 12.2 Å². The quantitative estimate of drug-likeness (QED) is 0.521. The molecule has 160 valence electrons. The standard InChI is InChI=1S/C24H22FNO5/c25-19-7-4-8-21(14-19)31-16-23(27)26-22(24(28)29)13-17-9-11-20(12-10-17)30-15-18-5-2-1-3-6-18/h1-12,14,22H,13,15-16H2,(H,26,27)(H,28,29)/t22-/m0/s1. The van der Waals surface area contributed by atoms with Crippen molar-refractivity contribution in [3.63, 3.8) is 0 Å². The van der Waals surface area contributed by atoms with Crippen molar-refractivity contribution >= 4 is 11.9 Å². The molecule has 3 rings (SSSR count). The number of ether oxygens (including phenoxy) is 2. The second-order valence-corrected chi connectivity index (χ2v) is 6.83. The zero-order valence-electron chi connectivity index (χ0n) is 16.7. The minimum absolute atomic E-state index is 0.0972. The number of aliphatic carboxylic acids is 1. The maximum absolute atomic E-state index is 13.1. The van der Waals surface area contributed by atoms with Crippen LogP contribution in [0.3, 0.4) is 0 Å². The number of nitrogens with one attached hydrogen (secondary N) is 1. The van der Waals surface area contributed by atoms with Gasteiger partial charge in [0, 0.05) is 12.5 Å². The molecule has 0 spiro atoms. The Hall–Kier alpha value is -3.87. The van der Waals surface area contributed by atoms with Crippen LogP contribution >= 0.6 is 0 Å². The van der Waals surface area contributed by atoms with E-state index in [1.54, 1.807) is 24.3 Å². The molecule has 0 aliphatic carbocycles. The van der Waals surface area contributed by atoms with Crippen molar-refractivity contribution in [3.8, 4) is 11.5 Å². The zero-order valence-corrected chi connectivity index (χ0v) is 16.7. The number of hydrogen-bond acceptors (Lipinski definition) is 4. The first-order valence-electron chi connectivity index (χ1n) is 9.66. The van der Waals surface area contributed by atoms with Gasteiger partial charge in [0.25, 0.3) is 5.91 Å². The fourth-order valence-corrected chi connectivity index (χ4v) is 2.84. The molecule has 2 N–H and O–H groups in total. The highest BCUT2D eigenvalue weighted by Gasteiger charge is 2.20. The fourth-order valence-electron chi connectivity index (χ4n) is 2.84. The summed E-state index contributed by atoms with van der Waals surface area (Å²) >= 11 is 0. The van der Waals surface area contributed by atoms with Crippen molar-refractivity contribution in [1.29, 1.82) is 0 Å². The molecule has 0 aliphatic rings. The van der Waals surface area contributed by atoms with E-state index in [2.05, 4.69) is 5.32 Å². The molecule has 0 aromatic heterocycles. The second kappa shape index (κ2) is 10.8. The summed E-state index contributed by atoms with van der Waals surface area (Å²) in [5.74, 6) is -1.42. The third-order valence-corrected chi connectivity index (χ3v) is 4.41. The van der Waals surface area contributed by atoms with E-state index < -0.39 is 30.3 Å². The molecule has 1 amide bonds. The van der Waals surface area contributed by atoms with E-state index in [1.165, 1.54) is 18.2 Å². The Labute approximate surface area is 179 Å². The number of benzene rings is 3. The number of halogens is 1. The highest BCUT2D eigenvalue weighted by atomic mass is 19.1. The summed E-state index contributed by atoms with van der Waals surface area (Å²) in [5.41, 5.74) is 1.77. The number of amides is 1. The largest absolute Gasteiger partial charge is 0.489 e. The monoisotopic (exact) mass is 423 g/mol. The van der Waals surface area contributed by atoms with Crippen LogP contribution in [0.2, 0.25) is 0 Å². The molecule has 3 aromatic carbocycles. The van der Waals surface area contributed by atoms with Crippen molar-refractivity contribution in [3.05, 3.63) is 95.8 Å². The molecule has 6 nitrogen and oxygen atoms in total. The highest BCUT2D eigenvalue weighted by Crippen LogP contribution is 2.16. The number of hydrogen-bond donors (Lipinski definition) is 2. The lowest BCUT2D eigenvalue weighted by molar-refractivity contribution is -0.142. The van der Waals surface area contributed by atoms with E-state index >= 15 is 0 Å². The Morgan fingerprint density at radius 3 is 2.29 bits per heavy atom. The molecule has 1 atom stereocenters. The van der Waals surface area contributed by atoms with Crippen molar-refractivity contribution in [2.24, 2.45) is 0 Å². The zero-order chi connectivity index (χ0) is 22.1. The van der Waals surface area contributed by atoms with Gasteiger partial charge in [-0.25, -0.2) is 9.18 Å². The van der Waals surface area contributed by atoms with E-state index in [0.717, 1.165) is 17.2 Å². The van der Waals surface area contributed by atoms with Crippen LogP contribution in [0.1, 0.15) is 11.1 Å². The van der Waals surface area contributed by atoms with Gasteiger partial charge >= 0.3 is 5.97 Å². The van der Waals surface area contributed by atoms with Crippen molar-refractivity contribution in [1.82, 2.24) is 5.32 Å². The van der Waals surface area contributed by atoms with Gasteiger partial charge in [-0.3, -0.25) is 4.79 Å². The van der Waals surface area contributed by atoms with Crippen molar-refractivity contribution in [2.75, 3.05) is 6.61 Å². The molecular formula is C24H22FNO5. The van der Waals surface area contributed by atoms with Crippen LogP contribution in [-0.2, 0) is 22.6 Å². The Morgan fingerprint density at radius 2 is 1.61 bits per heavy atom. The summed E-state index contributed by atoms with van der Waals surface area (Å²) in [4.78, 5) is 23.6. The first-order chi connectivity index (χ1) is 15.0. The van der Waals surface area contributed by atoms with Crippen LogP contribution in [0.25, 0.3) is 0 Å². The molecule has 0 unspecified atom stereocenters. The minimum Gasteiger partial charge on any atom is -0.489 e. The Balaban J connectivity index is 1.50. The lowest BCUT2D eigenvalue weighted by Gasteiger charge is -2.15. The lowest BCUT2D eigenvalue weighted by Crippen LogP contribution is -2.44. The predicted molar refractivity (Wildman–Crippen MR) is 112 cm³/mol. The first kappa shape index (κ1) is 21.8. The first-order valence-corrected chi connectivity index (χ1v) is 9.66. The Morgan fingerprint density at radius 1 is 0.871 bits per heavy atom. The molecular weight excluding hydrogens is 401 g/mol. The Kier molecular flexibility index (Phi) is 7.59. The molecule has 0 saturated carbocycles. The van der Waals surface area contributed by atoms with E-state index in [1.807, 2.05) is 30.3 Å². The number of carboxylic acid groups (broad SMARTS) is 1. The van der Waals surface area contributed by atoms with Crippen LogP contribution in [0, 0.1) is 5.82 Å². The highest BCUT2D eigenvalue weighted by molar-refractivity contribution is 5.84. The van der Waals surface area contributed by atoms with Crippen LogP contribution in [0.5, 0.6) is 11.5 Å². The maximum atomic E-state index is 13.1. The summed E-state index contributed by atoms with van der Waals surface area (Å²) < 4.78 is 24.1. The average molecular weight is 423 g/mol. The fraction of sp³-hybridized carbons (Fsp3) is 0.167. The summed E-state index contributed by atoms with van der Waals surface area (Å²) in [5, 5.41) is 11.9. The van der Waals surface area contributed by atoms with Gasteiger partial charge in [-0.05, 0) is 35.4 Å². The van der Waals surface area contributed by atoms with Crippen LogP contribution < -0.4 is 14.8 Å². The smallest absolute Gasteiger partial charge is 0.326 e. The van der Waals surface area contributed by atoms with Crippen molar-refractivity contribution in [2.45, 2.75) is 19.1 Å². The predicted octanol–water partition coefficient (Wildman–Crippen LogP) is 3.60. The van der Waals surface area contributed by atoms with Crippen LogP contribution in [0.4, 0.5) is 4.39 Å². The average Bonchev–Trinajstić information content (AvgIpc) is 2.77. The van der Waals surface area contributed by atoms with Gasteiger partial charge in [0.15, 0.2) is 6.61 Å². The van der Waals surface area contributed by atoms with E-state index in [9.17, 15) is 19.1 Å². The summed E-state index contributed by atoms with van der Waals surface area (Å²) in [6, 6.07) is 21.0. The van der Waals surface area contributed by atoms with E-state index in [4.69, 9.17) is 9.47 Å². The maximum Gasteiger partial charge on any atom is 0.326 e. The number of carbonyl (C=O) groups is 2. The molecule has 0 radical (unpaired) electrons. The van der Waals surface area contributed by atoms with Gasteiger partial charge in [0.05, 0.1) is 0 Å². The topological polar surface area (TPSA) is 84.9 Å². The van der Waals surface area contributed by atoms with Gasteiger partial charge in [-0.1, -0.05) is 48.5 Å². The van der Waals surface area contributed by atoms with Crippen LogP contribution in [-0.4, -0.2) is 29.6 Å². The Bertz CT molecular complexity index is 1010. The van der Waals surface area contributed by atoms with Gasteiger partial charge < -0.3 is 19.9 Å². The number of carbonyl (C=O) groups excluding carboxylic acids is 1. The molecule has 31 heavy (non-hydrogen) atoms. The molecule has 0 fully saturated rings. The summed E-state index contributed by atoms with van der Waals surface area (Å²) in [6.07, 6.45) is 0.0972. The van der Waals surface area contributed by atoms with Gasteiger partial charge in [-0.2, -0.15) is 0 Å². The molecule has 0 bridgehead atoms. The summed E-state index contributed by atoms with van der Waals surface area (Å²) in [7, 11) is 0. The third-order valence-electron chi connectivity index (χ3n) is 4.41. The van der Waals surface area contributed by atoms with Crippen molar-refractivity contribution < 1.29 is 28.6 Å². The summed E-state index contributed by atoms with van der Waals surface area (Å²) in [6.45, 7) is 0.0127. The number of carboxylic acids is 1. The molecule has 0 aliphatic heterocycles.